The Morgan fingerprint density at radius 1 is 1.54 bits per heavy atom. The van der Waals surface area contributed by atoms with Gasteiger partial charge in [0.2, 0.25) is 0 Å². The van der Waals surface area contributed by atoms with Gasteiger partial charge in [0, 0.05) is 6.04 Å². The zero-order valence-corrected chi connectivity index (χ0v) is 7.73. The van der Waals surface area contributed by atoms with Crippen molar-refractivity contribution in [1.82, 2.24) is 14.8 Å². The van der Waals surface area contributed by atoms with E-state index < -0.39 is 0 Å². The van der Waals surface area contributed by atoms with Crippen molar-refractivity contribution in [3.63, 3.8) is 0 Å². The average Bonchev–Trinajstić information content (AvgIpc) is 2.45. The lowest BCUT2D eigenvalue weighted by Crippen LogP contribution is -2.21. The Bertz CT molecular complexity index is 271. The van der Waals surface area contributed by atoms with Crippen LogP contribution in [0.1, 0.15) is 31.1 Å². The SMILES string of the molecule is COc1nnc(CN)n1C1CCC1. The number of ether oxygens (including phenoxy) is 1. The highest BCUT2D eigenvalue weighted by molar-refractivity contribution is 5.04. The molecule has 1 fully saturated rings. The van der Waals surface area contributed by atoms with Gasteiger partial charge in [-0.15, -0.1) is 5.10 Å². The van der Waals surface area contributed by atoms with Crippen LogP contribution in [0.3, 0.4) is 0 Å². The van der Waals surface area contributed by atoms with E-state index in [1.807, 2.05) is 4.57 Å². The molecule has 1 aliphatic rings. The van der Waals surface area contributed by atoms with Gasteiger partial charge in [0.15, 0.2) is 0 Å². The molecule has 0 amide bonds. The summed E-state index contributed by atoms with van der Waals surface area (Å²) in [4.78, 5) is 0. The van der Waals surface area contributed by atoms with Gasteiger partial charge in [-0.05, 0) is 19.3 Å². The van der Waals surface area contributed by atoms with Crippen LogP contribution in [-0.2, 0) is 6.54 Å². The fourth-order valence-corrected chi connectivity index (χ4v) is 1.60. The van der Waals surface area contributed by atoms with E-state index in [2.05, 4.69) is 10.2 Å². The summed E-state index contributed by atoms with van der Waals surface area (Å²) in [7, 11) is 1.61. The Balaban J connectivity index is 2.31. The monoisotopic (exact) mass is 182 g/mol. The number of nitrogens with zero attached hydrogens (tertiary/aromatic N) is 3. The Morgan fingerprint density at radius 3 is 2.77 bits per heavy atom. The second-order valence-corrected chi connectivity index (χ2v) is 3.26. The molecule has 0 spiro atoms. The molecule has 0 aliphatic heterocycles. The van der Waals surface area contributed by atoms with Crippen LogP contribution in [0.15, 0.2) is 0 Å². The second kappa shape index (κ2) is 3.33. The predicted molar refractivity (Wildman–Crippen MR) is 47.4 cm³/mol. The summed E-state index contributed by atoms with van der Waals surface area (Å²) in [5.74, 6) is 0.821. The summed E-state index contributed by atoms with van der Waals surface area (Å²) in [6.45, 7) is 0.423. The molecule has 2 N–H and O–H groups in total. The van der Waals surface area contributed by atoms with E-state index in [0.29, 0.717) is 18.6 Å². The van der Waals surface area contributed by atoms with Gasteiger partial charge in [0.05, 0.1) is 13.7 Å². The summed E-state index contributed by atoms with van der Waals surface area (Å²) in [5.41, 5.74) is 5.56. The molecule has 0 saturated heterocycles. The summed E-state index contributed by atoms with van der Waals surface area (Å²) in [6.07, 6.45) is 3.64. The number of rotatable bonds is 3. The molecule has 1 aliphatic carbocycles. The van der Waals surface area contributed by atoms with Crippen LogP contribution >= 0.6 is 0 Å². The van der Waals surface area contributed by atoms with Gasteiger partial charge in [-0.3, -0.25) is 4.57 Å². The third kappa shape index (κ3) is 1.29. The first-order valence-electron chi connectivity index (χ1n) is 4.54. The van der Waals surface area contributed by atoms with Gasteiger partial charge >= 0.3 is 6.01 Å². The molecule has 13 heavy (non-hydrogen) atoms. The smallest absolute Gasteiger partial charge is 0.316 e. The Morgan fingerprint density at radius 2 is 2.31 bits per heavy atom. The largest absolute Gasteiger partial charge is 0.467 e. The Labute approximate surface area is 76.9 Å². The van der Waals surface area contributed by atoms with Crippen LogP contribution in [-0.4, -0.2) is 21.9 Å². The maximum atomic E-state index is 5.56. The lowest BCUT2D eigenvalue weighted by atomic mass is 9.93. The number of aromatic nitrogens is 3. The van der Waals surface area contributed by atoms with Crippen LogP contribution < -0.4 is 10.5 Å². The zero-order chi connectivity index (χ0) is 9.26. The van der Waals surface area contributed by atoms with Crippen molar-refractivity contribution < 1.29 is 4.74 Å². The molecule has 1 saturated carbocycles. The highest BCUT2D eigenvalue weighted by Gasteiger charge is 2.25. The normalized spacial score (nSPS) is 17.1. The van der Waals surface area contributed by atoms with Crippen LogP contribution in [0.5, 0.6) is 6.01 Å². The lowest BCUT2D eigenvalue weighted by molar-refractivity contribution is 0.262. The van der Waals surface area contributed by atoms with Gasteiger partial charge < -0.3 is 10.5 Å². The molecular weight excluding hydrogens is 168 g/mol. The predicted octanol–water partition coefficient (Wildman–Crippen LogP) is 0.470. The summed E-state index contributed by atoms with van der Waals surface area (Å²) in [6, 6.07) is 1.09. The van der Waals surface area contributed by atoms with Crippen molar-refractivity contribution >= 4 is 0 Å². The number of hydrogen-bond acceptors (Lipinski definition) is 4. The van der Waals surface area contributed by atoms with Gasteiger partial charge in [0.25, 0.3) is 0 Å². The quantitative estimate of drug-likeness (QED) is 0.738. The molecular formula is C8H14N4O. The fraction of sp³-hybridized carbons (Fsp3) is 0.750. The number of nitrogens with two attached hydrogens (primary N) is 1. The molecule has 0 radical (unpaired) electrons. The van der Waals surface area contributed by atoms with Crippen molar-refractivity contribution in [1.29, 1.82) is 0 Å². The molecule has 1 aromatic heterocycles. The summed E-state index contributed by atoms with van der Waals surface area (Å²) >= 11 is 0. The topological polar surface area (TPSA) is 66.0 Å². The molecule has 1 heterocycles. The molecule has 5 heteroatoms. The first-order valence-corrected chi connectivity index (χ1v) is 4.54. The van der Waals surface area contributed by atoms with Crippen molar-refractivity contribution in [2.24, 2.45) is 5.73 Å². The number of methoxy groups -OCH3 is 1. The van der Waals surface area contributed by atoms with Crippen molar-refractivity contribution in [2.45, 2.75) is 31.8 Å². The third-order valence-electron chi connectivity index (χ3n) is 2.54. The number of hydrogen-bond donors (Lipinski definition) is 1. The van der Waals surface area contributed by atoms with Gasteiger partial charge in [-0.25, -0.2) is 0 Å². The van der Waals surface area contributed by atoms with E-state index in [9.17, 15) is 0 Å². The average molecular weight is 182 g/mol. The molecule has 0 aromatic carbocycles. The first kappa shape index (κ1) is 8.50. The van der Waals surface area contributed by atoms with Gasteiger partial charge in [-0.2, -0.15) is 0 Å². The van der Waals surface area contributed by atoms with Gasteiger partial charge in [0.1, 0.15) is 5.82 Å². The van der Waals surface area contributed by atoms with E-state index >= 15 is 0 Å². The fourth-order valence-electron chi connectivity index (χ4n) is 1.60. The maximum Gasteiger partial charge on any atom is 0.316 e. The van der Waals surface area contributed by atoms with E-state index in [-0.39, 0.29) is 0 Å². The Hall–Kier alpha value is -1.10. The highest BCUT2D eigenvalue weighted by Crippen LogP contribution is 2.34. The molecule has 0 atom stereocenters. The minimum Gasteiger partial charge on any atom is -0.467 e. The van der Waals surface area contributed by atoms with Crippen LogP contribution in [0.25, 0.3) is 0 Å². The molecule has 1 aromatic rings. The van der Waals surface area contributed by atoms with Gasteiger partial charge in [-0.1, -0.05) is 5.10 Å². The van der Waals surface area contributed by atoms with Crippen molar-refractivity contribution in [3.8, 4) is 6.01 Å². The minimum atomic E-state index is 0.423. The summed E-state index contributed by atoms with van der Waals surface area (Å²) < 4.78 is 7.14. The maximum absolute atomic E-state index is 5.56. The van der Waals surface area contributed by atoms with E-state index in [1.165, 1.54) is 19.3 Å². The molecule has 0 unspecified atom stereocenters. The molecule has 2 rings (SSSR count). The van der Waals surface area contributed by atoms with Crippen molar-refractivity contribution in [2.75, 3.05) is 7.11 Å². The molecule has 5 nitrogen and oxygen atoms in total. The third-order valence-corrected chi connectivity index (χ3v) is 2.54. The van der Waals surface area contributed by atoms with Crippen LogP contribution in [0, 0.1) is 0 Å². The van der Waals surface area contributed by atoms with Crippen LogP contribution in [0.4, 0.5) is 0 Å². The van der Waals surface area contributed by atoms with E-state index in [0.717, 1.165) is 5.82 Å². The minimum absolute atomic E-state index is 0.423. The standard InChI is InChI=1S/C8H14N4O/c1-13-8-11-10-7(5-9)12(8)6-3-2-4-6/h6H,2-5,9H2,1H3. The van der Waals surface area contributed by atoms with Crippen LogP contribution in [0.2, 0.25) is 0 Å². The van der Waals surface area contributed by atoms with Crippen molar-refractivity contribution in [3.05, 3.63) is 5.82 Å². The highest BCUT2D eigenvalue weighted by atomic mass is 16.5. The van der Waals surface area contributed by atoms with E-state index in [1.54, 1.807) is 7.11 Å². The molecule has 72 valence electrons. The summed E-state index contributed by atoms with van der Waals surface area (Å²) in [5, 5.41) is 7.89. The Kier molecular flexibility index (Phi) is 2.18. The first-order chi connectivity index (χ1) is 6.36. The molecule has 0 bridgehead atoms. The second-order valence-electron chi connectivity index (χ2n) is 3.26. The van der Waals surface area contributed by atoms with E-state index in [4.69, 9.17) is 10.5 Å². The lowest BCUT2D eigenvalue weighted by Gasteiger charge is -2.28. The zero-order valence-electron chi connectivity index (χ0n) is 7.73.